The van der Waals surface area contributed by atoms with E-state index in [0.717, 1.165) is 22.3 Å². The Labute approximate surface area is 194 Å². The molecule has 4 aromatic rings. The smallest absolute Gasteiger partial charge is 0.325 e. The lowest BCUT2D eigenvalue weighted by Gasteiger charge is -2.33. The molecule has 0 atom stereocenters. The van der Waals surface area contributed by atoms with E-state index in [1.165, 1.54) is 0 Å². The molecule has 4 nitrogen and oxygen atoms in total. The van der Waals surface area contributed by atoms with E-state index in [9.17, 15) is 4.79 Å². The molecule has 166 valence electrons. The minimum absolute atomic E-state index is 0.181. The summed E-state index contributed by atoms with van der Waals surface area (Å²) in [4.78, 5) is 14.1. The van der Waals surface area contributed by atoms with Crippen LogP contribution < -0.4 is 9.47 Å². The first kappa shape index (κ1) is 22.2. The van der Waals surface area contributed by atoms with Crippen LogP contribution in [0.3, 0.4) is 0 Å². The minimum atomic E-state index is -1.17. The molecule has 0 radical (unpaired) electrons. The zero-order chi connectivity index (χ0) is 23.1. The highest BCUT2D eigenvalue weighted by Crippen LogP contribution is 2.41. The molecule has 0 N–H and O–H groups in total. The summed E-state index contributed by atoms with van der Waals surface area (Å²) in [7, 11) is 3.24. The second-order valence-corrected chi connectivity index (χ2v) is 7.63. The van der Waals surface area contributed by atoms with Crippen molar-refractivity contribution in [3.05, 3.63) is 131 Å². The molecule has 0 aliphatic rings. The van der Waals surface area contributed by atoms with Gasteiger partial charge in [-0.25, -0.2) is 0 Å². The minimum Gasteiger partial charge on any atom is -0.497 e. The molecular formula is C29H26O4. The Bertz CT molecular complexity index is 1120. The standard InChI is InChI=1S/C29H26O4/c1-31-26-17-13-24(14-18-26)29(23-11-7-4-8-12-23,25-15-19-27(32-2)20-16-25)28(30)33-21-22-9-5-3-6-10-22/h3-20H,21H2,1-2H3. The van der Waals surface area contributed by atoms with Crippen LogP contribution in [0.1, 0.15) is 22.3 Å². The van der Waals surface area contributed by atoms with Gasteiger partial charge < -0.3 is 14.2 Å². The SMILES string of the molecule is COc1ccc(C(C(=O)OCc2ccccc2)(c2ccccc2)c2ccc(OC)cc2)cc1. The Balaban J connectivity index is 1.89. The van der Waals surface area contributed by atoms with Gasteiger partial charge in [0.15, 0.2) is 0 Å². The number of esters is 1. The van der Waals surface area contributed by atoms with Crippen LogP contribution >= 0.6 is 0 Å². The zero-order valence-corrected chi connectivity index (χ0v) is 18.7. The lowest BCUT2D eigenvalue weighted by molar-refractivity contribution is -0.148. The van der Waals surface area contributed by atoms with Crippen LogP contribution in [-0.2, 0) is 21.6 Å². The van der Waals surface area contributed by atoms with Crippen LogP contribution in [0.25, 0.3) is 0 Å². The van der Waals surface area contributed by atoms with Gasteiger partial charge in [0.05, 0.1) is 14.2 Å². The molecule has 0 aliphatic carbocycles. The number of rotatable bonds is 8. The van der Waals surface area contributed by atoms with Crippen LogP contribution in [-0.4, -0.2) is 20.2 Å². The summed E-state index contributed by atoms with van der Waals surface area (Å²) in [5.41, 5.74) is 2.15. The first-order chi connectivity index (χ1) is 16.2. The number of hydrogen-bond donors (Lipinski definition) is 0. The molecular weight excluding hydrogens is 412 g/mol. The van der Waals surface area contributed by atoms with E-state index in [0.29, 0.717) is 11.5 Å². The number of carbonyl (C=O) groups excluding carboxylic acids is 1. The maximum absolute atomic E-state index is 14.1. The molecule has 0 fully saturated rings. The summed E-state index contributed by atoms with van der Waals surface area (Å²) in [5.74, 6) is 1.08. The van der Waals surface area contributed by atoms with Crippen LogP contribution in [0.2, 0.25) is 0 Å². The molecule has 0 spiro atoms. The molecule has 4 rings (SSSR count). The fraction of sp³-hybridized carbons (Fsp3) is 0.138. The molecule has 4 heteroatoms. The Morgan fingerprint density at radius 3 is 1.48 bits per heavy atom. The van der Waals surface area contributed by atoms with Crippen molar-refractivity contribution < 1.29 is 19.0 Å². The van der Waals surface area contributed by atoms with Gasteiger partial charge in [0.1, 0.15) is 23.5 Å². The lowest BCUT2D eigenvalue weighted by Crippen LogP contribution is -2.40. The number of benzene rings is 4. The van der Waals surface area contributed by atoms with Crippen LogP contribution in [0.15, 0.2) is 109 Å². The summed E-state index contributed by atoms with van der Waals surface area (Å²) >= 11 is 0. The quantitative estimate of drug-likeness (QED) is 0.258. The van der Waals surface area contributed by atoms with Crippen molar-refractivity contribution in [2.45, 2.75) is 12.0 Å². The number of ether oxygens (including phenoxy) is 3. The maximum atomic E-state index is 14.1. The fourth-order valence-corrected chi connectivity index (χ4v) is 4.06. The van der Waals surface area contributed by atoms with Gasteiger partial charge in [0, 0.05) is 0 Å². The lowest BCUT2D eigenvalue weighted by atomic mass is 9.69. The Kier molecular flexibility index (Phi) is 6.75. The van der Waals surface area contributed by atoms with Crippen LogP contribution in [0.5, 0.6) is 11.5 Å². The molecule has 0 heterocycles. The van der Waals surface area contributed by atoms with Crippen LogP contribution in [0, 0.1) is 0 Å². The van der Waals surface area contributed by atoms with Crippen LogP contribution in [0.4, 0.5) is 0 Å². The monoisotopic (exact) mass is 438 g/mol. The molecule has 0 saturated heterocycles. The van der Waals surface area contributed by atoms with E-state index in [2.05, 4.69) is 0 Å². The molecule has 0 aliphatic heterocycles. The predicted octanol–water partition coefficient (Wildman–Crippen LogP) is 5.78. The summed E-state index contributed by atoms with van der Waals surface area (Å²) in [5, 5.41) is 0. The Morgan fingerprint density at radius 1 is 0.606 bits per heavy atom. The Morgan fingerprint density at radius 2 is 1.03 bits per heavy atom. The fourth-order valence-electron chi connectivity index (χ4n) is 4.06. The molecule has 0 saturated carbocycles. The maximum Gasteiger partial charge on any atom is 0.325 e. The van der Waals surface area contributed by atoms with Crippen molar-refractivity contribution in [2.75, 3.05) is 14.2 Å². The second kappa shape index (κ2) is 10.0. The van der Waals surface area contributed by atoms with Gasteiger partial charge in [-0.1, -0.05) is 84.9 Å². The predicted molar refractivity (Wildman–Crippen MR) is 129 cm³/mol. The highest BCUT2D eigenvalue weighted by Gasteiger charge is 2.45. The summed E-state index contributed by atoms with van der Waals surface area (Å²) in [6.07, 6.45) is 0. The normalized spacial score (nSPS) is 11.0. The number of methoxy groups -OCH3 is 2. The molecule has 0 bridgehead atoms. The highest BCUT2D eigenvalue weighted by molar-refractivity contribution is 5.92. The highest BCUT2D eigenvalue weighted by atomic mass is 16.5. The van der Waals surface area contributed by atoms with Crippen molar-refractivity contribution >= 4 is 5.97 Å². The van der Waals surface area contributed by atoms with E-state index in [1.54, 1.807) is 14.2 Å². The van der Waals surface area contributed by atoms with Gasteiger partial charge in [-0.3, -0.25) is 4.79 Å². The van der Waals surface area contributed by atoms with Crippen molar-refractivity contribution in [3.8, 4) is 11.5 Å². The van der Waals surface area contributed by atoms with E-state index in [-0.39, 0.29) is 12.6 Å². The number of hydrogen-bond acceptors (Lipinski definition) is 4. The van der Waals surface area contributed by atoms with E-state index in [1.807, 2.05) is 109 Å². The molecule has 4 aromatic carbocycles. The second-order valence-electron chi connectivity index (χ2n) is 7.63. The van der Waals surface area contributed by atoms with Gasteiger partial charge in [0.2, 0.25) is 0 Å². The summed E-state index contributed by atoms with van der Waals surface area (Å²) < 4.78 is 16.7. The van der Waals surface area contributed by atoms with Crippen molar-refractivity contribution in [1.82, 2.24) is 0 Å². The first-order valence-electron chi connectivity index (χ1n) is 10.7. The largest absolute Gasteiger partial charge is 0.497 e. The van der Waals surface area contributed by atoms with Gasteiger partial charge in [-0.15, -0.1) is 0 Å². The van der Waals surface area contributed by atoms with E-state index < -0.39 is 5.41 Å². The topological polar surface area (TPSA) is 44.8 Å². The molecule has 33 heavy (non-hydrogen) atoms. The van der Waals surface area contributed by atoms with E-state index in [4.69, 9.17) is 14.2 Å². The third kappa shape index (κ3) is 4.46. The number of carbonyl (C=O) groups is 1. The van der Waals surface area contributed by atoms with Gasteiger partial charge in [0.25, 0.3) is 0 Å². The summed E-state index contributed by atoms with van der Waals surface area (Å²) in [6.45, 7) is 0.181. The average molecular weight is 439 g/mol. The average Bonchev–Trinajstić information content (AvgIpc) is 2.90. The summed E-state index contributed by atoms with van der Waals surface area (Å²) in [6, 6.07) is 34.5. The van der Waals surface area contributed by atoms with E-state index >= 15 is 0 Å². The van der Waals surface area contributed by atoms with Gasteiger partial charge >= 0.3 is 5.97 Å². The first-order valence-corrected chi connectivity index (χ1v) is 10.7. The zero-order valence-electron chi connectivity index (χ0n) is 18.7. The van der Waals surface area contributed by atoms with Crippen molar-refractivity contribution in [2.24, 2.45) is 0 Å². The molecule has 0 unspecified atom stereocenters. The van der Waals surface area contributed by atoms with Gasteiger partial charge in [-0.2, -0.15) is 0 Å². The molecule has 0 amide bonds. The van der Waals surface area contributed by atoms with Crippen molar-refractivity contribution in [3.63, 3.8) is 0 Å². The third-order valence-corrected chi connectivity index (χ3v) is 5.77. The van der Waals surface area contributed by atoms with Gasteiger partial charge in [-0.05, 0) is 46.5 Å². The Hall–Kier alpha value is -4.05. The molecule has 0 aromatic heterocycles. The third-order valence-electron chi connectivity index (χ3n) is 5.77. The van der Waals surface area contributed by atoms with Crippen molar-refractivity contribution in [1.29, 1.82) is 0 Å².